The maximum absolute atomic E-state index is 12.9. The molecule has 31 heavy (non-hydrogen) atoms. The second-order valence-electron chi connectivity index (χ2n) is 7.00. The fourth-order valence-electron chi connectivity index (χ4n) is 3.34. The van der Waals surface area contributed by atoms with Crippen molar-refractivity contribution in [2.24, 2.45) is 0 Å². The highest BCUT2D eigenvalue weighted by Crippen LogP contribution is 2.29. The average molecular weight is 478 g/mol. The molecule has 0 N–H and O–H groups in total. The molecule has 5 nitrogen and oxygen atoms in total. The van der Waals surface area contributed by atoms with Crippen molar-refractivity contribution in [2.45, 2.75) is 12.6 Å². The summed E-state index contributed by atoms with van der Waals surface area (Å²) in [5.74, 6) is 0.199. The first-order valence-corrected chi connectivity index (χ1v) is 10.6. The van der Waals surface area contributed by atoms with Crippen LogP contribution in [0.2, 0.25) is 0 Å². The summed E-state index contributed by atoms with van der Waals surface area (Å²) in [6.45, 7) is 0.552. The van der Waals surface area contributed by atoms with E-state index in [9.17, 15) is 9.59 Å². The van der Waals surface area contributed by atoms with Crippen LogP contribution in [0.1, 0.15) is 22.7 Å². The summed E-state index contributed by atoms with van der Waals surface area (Å²) in [7, 11) is 0. The van der Waals surface area contributed by atoms with Crippen LogP contribution < -0.4 is 4.74 Å². The van der Waals surface area contributed by atoms with Gasteiger partial charge in [0.05, 0.1) is 0 Å². The van der Waals surface area contributed by atoms with Gasteiger partial charge in [-0.15, -0.1) is 0 Å². The molecule has 6 heteroatoms. The van der Waals surface area contributed by atoms with Crippen molar-refractivity contribution < 1.29 is 19.1 Å². The smallest absolute Gasteiger partial charge is 0.417 e. The largest absolute Gasteiger partial charge is 0.488 e. The molecule has 4 rings (SSSR count). The number of carbonyl (C=O) groups is 2. The molecule has 1 atom stereocenters. The Morgan fingerprint density at radius 2 is 1.77 bits per heavy atom. The molecule has 1 fully saturated rings. The van der Waals surface area contributed by atoms with Crippen molar-refractivity contribution in [1.29, 1.82) is 0 Å². The lowest BCUT2D eigenvalue weighted by atomic mass is 10.1. The average Bonchev–Trinajstić information content (AvgIpc) is 3.19. The van der Waals surface area contributed by atoms with Gasteiger partial charge in [-0.3, -0.25) is 4.79 Å². The number of nitrogens with zero attached hydrogens (tertiary/aromatic N) is 1. The normalized spacial score (nSPS) is 15.8. The molecule has 1 aliphatic rings. The molecule has 0 spiro atoms. The fraction of sp³-hybridized carbons (Fsp3) is 0.120. The fourth-order valence-corrected chi connectivity index (χ4v) is 3.72. The van der Waals surface area contributed by atoms with E-state index in [1.807, 2.05) is 78.9 Å². The van der Waals surface area contributed by atoms with E-state index in [0.717, 1.165) is 26.1 Å². The minimum absolute atomic E-state index is 0.144. The maximum atomic E-state index is 12.9. The van der Waals surface area contributed by atoms with Gasteiger partial charge in [-0.05, 0) is 35.4 Å². The molecule has 0 bridgehead atoms. The number of cyclic esters (lactones) is 1. The molecule has 3 aromatic carbocycles. The Morgan fingerprint density at radius 3 is 2.52 bits per heavy atom. The van der Waals surface area contributed by atoms with E-state index in [2.05, 4.69) is 15.9 Å². The summed E-state index contributed by atoms with van der Waals surface area (Å²) in [6.07, 6.45) is 2.39. The summed E-state index contributed by atoms with van der Waals surface area (Å²) in [5, 5.41) is 0. The third-order valence-corrected chi connectivity index (χ3v) is 5.40. The van der Waals surface area contributed by atoms with Crippen LogP contribution in [0, 0.1) is 0 Å². The number of benzene rings is 3. The van der Waals surface area contributed by atoms with Crippen LogP contribution in [0.5, 0.6) is 5.75 Å². The monoisotopic (exact) mass is 477 g/mol. The zero-order chi connectivity index (χ0) is 21.6. The van der Waals surface area contributed by atoms with Crippen molar-refractivity contribution in [3.63, 3.8) is 0 Å². The van der Waals surface area contributed by atoms with E-state index in [1.165, 1.54) is 6.08 Å². The summed E-state index contributed by atoms with van der Waals surface area (Å²) in [6, 6.07) is 24.4. The minimum atomic E-state index is -0.640. The number of hydrogen-bond acceptors (Lipinski definition) is 4. The highest BCUT2D eigenvalue weighted by molar-refractivity contribution is 9.10. The van der Waals surface area contributed by atoms with E-state index in [4.69, 9.17) is 9.47 Å². The van der Waals surface area contributed by atoms with Gasteiger partial charge in [-0.1, -0.05) is 76.6 Å². The molecule has 156 valence electrons. The lowest BCUT2D eigenvalue weighted by molar-refractivity contribution is -0.124. The minimum Gasteiger partial charge on any atom is -0.488 e. The number of rotatable bonds is 6. The molecule has 0 unspecified atom stereocenters. The predicted molar refractivity (Wildman–Crippen MR) is 121 cm³/mol. The zero-order valence-electron chi connectivity index (χ0n) is 16.6. The zero-order valence-corrected chi connectivity index (χ0v) is 18.2. The molecular weight excluding hydrogens is 458 g/mol. The second-order valence-corrected chi connectivity index (χ2v) is 7.92. The Labute approximate surface area is 189 Å². The Morgan fingerprint density at radius 1 is 1.06 bits per heavy atom. The van der Waals surface area contributed by atoms with Crippen LogP contribution >= 0.6 is 15.9 Å². The van der Waals surface area contributed by atoms with Crippen LogP contribution in [0.25, 0.3) is 6.08 Å². The maximum Gasteiger partial charge on any atom is 0.417 e. The predicted octanol–water partition coefficient (Wildman–Crippen LogP) is 5.76. The Bertz CT molecular complexity index is 1100. The quantitative estimate of drug-likeness (QED) is 0.423. The number of carbonyl (C=O) groups excluding carboxylic acids is 2. The summed E-state index contributed by atoms with van der Waals surface area (Å²) in [4.78, 5) is 26.2. The summed E-state index contributed by atoms with van der Waals surface area (Å²) < 4.78 is 12.0. The second kappa shape index (κ2) is 9.62. The van der Waals surface area contributed by atoms with E-state index in [0.29, 0.717) is 12.4 Å². The molecule has 0 radical (unpaired) electrons. The Kier molecular flexibility index (Phi) is 6.48. The first kappa shape index (κ1) is 20.9. The van der Waals surface area contributed by atoms with Gasteiger partial charge in [0, 0.05) is 16.1 Å². The van der Waals surface area contributed by atoms with Crippen molar-refractivity contribution in [3.8, 4) is 5.75 Å². The standard InChI is InChI=1S/C25H20BrNO4/c26-21-12-13-23(30-16-18-7-3-1-4-8-18)20(15-21)11-14-24(28)27-22(17-31-25(27)29)19-9-5-2-6-10-19/h1-15,22H,16-17H2/b14-11+/t22-/m0/s1. The van der Waals surface area contributed by atoms with E-state index in [-0.39, 0.29) is 6.61 Å². The lowest BCUT2D eigenvalue weighted by Crippen LogP contribution is -2.32. The highest BCUT2D eigenvalue weighted by Gasteiger charge is 2.37. The molecule has 2 amide bonds. The number of hydrogen-bond donors (Lipinski definition) is 0. The van der Waals surface area contributed by atoms with E-state index in [1.54, 1.807) is 6.08 Å². The molecule has 0 aromatic heterocycles. The van der Waals surface area contributed by atoms with Crippen LogP contribution in [0.15, 0.2) is 89.4 Å². The van der Waals surface area contributed by atoms with Gasteiger partial charge in [0.25, 0.3) is 5.91 Å². The van der Waals surface area contributed by atoms with Gasteiger partial charge in [0.1, 0.15) is 25.0 Å². The number of imide groups is 1. The molecule has 3 aromatic rings. The molecule has 1 aliphatic heterocycles. The first-order valence-electron chi connectivity index (χ1n) is 9.81. The van der Waals surface area contributed by atoms with E-state index < -0.39 is 18.0 Å². The molecule has 1 saturated heterocycles. The number of amides is 2. The summed E-state index contributed by atoms with van der Waals surface area (Å²) >= 11 is 3.46. The van der Waals surface area contributed by atoms with Gasteiger partial charge >= 0.3 is 6.09 Å². The highest BCUT2D eigenvalue weighted by atomic mass is 79.9. The van der Waals surface area contributed by atoms with Crippen molar-refractivity contribution in [2.75, 3.05) is 6.61 Å². The number of ether oxygens (including phenoxy) is 2. The lowest BCUT2D eigenvalue weighted by Gasteiger charge is -2.18. The van der Waals surface area contributed by atoms with Crippen molar-refractivity contribution >= 4 is 34.0 Å². The van der Waals surface area contributed by atoms with Gasteiger partial charge in [0.15, 0.2) is 0 Å². The molecule has 1 heterocycles. The molecular formula is C25H20BrNO4. The topological polar surface area (TPSA) is 55.8 Å². The van der Waals surface area contributed by atoms with Crippen LogP contribution in [-0.2, 0) is 16.1 Å². The van der Waals surface area contributed by atoms with Crippen LogP contribution in [0.3, 0.4) is 0 Å². The third-order valence-electron chi connectivity index (χ3n) is 4.91. The van der Waals surface area contributed by atoms with Crippen LogP contribution in [0.4, 0.5) is 4.79 Å². The van der Waals surface area contributed by atoms with E-state index >= 15 is 0 Å². The van der Waals surface area contributed by atoms with Gasteiger partial charge in [0.2, 0.25) is 0 Å². The third kappa shape index (κ3) is 5.03. The summed E-state index contributed by atoms with van der Waals surface area (Å²) in [5.41, 5.74) is 2.62. The first-order chi connectivity index (χ1) is 15.1. The van der Waals surface area contributed by atoms with Gasteiger partial charge in [-0.2, -0.15) is 0 Å². The van der Waals surface area contributed by atoms with Gasteiger partial charge in [-0.25, -0.2) is 9.69 Å². The molecule has 0 aliphatic carbocycles. The van der Waals surface area contributed by atoms with Gasteiger partial charge < -0.3 is 9.47 Å². The van der Waals surface area contributed by atoms with Crippen molar-refractivity contribution in [3.05, 3.63) is 106 Å². The van der Waals surface area contributed by atoms with Crippen molar-refractivity contribution in [1.82, 2.24) is 4.90 Å². The molecule has 0 saturated carbocycles. The SMILES string of the molecule is O=C(/C=C/c1cc(Br)ccc1OCc1ccccc1)N1C(=O)OC[C@H]1c1ccccc1. The number of halogens is 1. The Hall–Kier alpha value is -3.38. The van der Waals surface area contributed by atoms with Crippen LogP contribution in [-0.4, -0.2) is 23.5 Å². The Balaban J connectivity index is 1.52.